The lowest BCUT2D eigenvalue weighted by molar-refractivity contribution is -0.134. The lowest BCUT2D eigenvalue weighted by atomic mass is 9.56. The summed E-state index contributed by atoms with van der Waals surface area (Å²) in [6.07, 6.45) is 6.34. The Balaban J connectivity index is 2.36. The molecular weight excluding hydrogens is 188 g/mol. The fourth-order valence-electron chi connectivity index (χ4n) is 3.82. The molecule has 0 aromatic carbocycles. The van der Waals surface area contributed by atoms with Crippen molar-refractivity contribution < 1.29 is 9.90 Å². The number of carbonyl (C=O) groups is 1. The summed E-state index contributed by atoms with van der Waals surface area (Å²) < 4.78 is 0. The predicted molar refractivity (Wildman–Crippen MR) is 59.6 cm³/mol. The van der Waals surface area contributed by atoms with E-state index in [2.05, 4.69) is 20.8 Å². The summed E-state index contributed by atoms with van der Waals surface area (Å²) in [5, 5.41) is 9.22. The number of fused-ring (bicyclic) bond motifs is 1. The maximum atomic E-state index is 11.2. The van der Waals surface area contributed by atoms with E-state index in [9.17, 15) is 9.90 Å². The third kappa shape index (κ3) is 1.42. The van der Waals surface area contributed by atoms with Gasteiger partial charge in [0.25, 0.3) is 0 Å². The zero-order chi connectivity index (χ0) is 11.3. The van der Waals surface area contributed by atoms with Crippen molar-refractivity contribution in [3.05, 3.63) is 11.6 Å². The van der Waals surface area contributed by atoms with Crippen molar-refractivity contribution in [3.63, 3.8) is 0 Å². The van der Waals surface area contributed by atoms with E-state index in [1.165, 1.54) is 6.42 Å². The molecular formula is C13H20O2. The third-order valence-electron chi connectivity index (χ3n) is 4.63. The van der Waals surface area contributed by atoms with Gasteiger partial charge in [-0.3, -0.25) is 0 Å². The molecule has 0 aromatic heterocycles. The first kappa shape index (κ1) is 10.7. The van der Waals surface area contributed by atoms with Crippen molar-refractivity contribution in [2.45, 2.75) is 46.5 Å². The first-order chi connectivity index (χ1) is 6.88. The molecule has 0 saturated heterocycles. The highest BCUT2D eigenvalue weighted by atomic mass is 16.4. The highest BCUT2D eigenvalue weighted by Crippen LogP contribution is 2.59. The molecule has 1 fully saturated rings. The van der Waals surface area contributed by atoms with E-state index in [0.29, 0.717) is 16.9 Å². The molecule has 84 valence electrons. The molecule has 0 radical (unpaired) electrons. The van der Waals surface area contributed by atoms with Crippen molar-refractivity contribution >= 4 is 5.97 Å². The minimum Gasteiger partial charge on any atom is -0.478 e. The van der Waals surface area contributed by atoms with Crippen molar-refractivity contribution in [1.82, 2.24) is 0 Å². The second-order valence-corrected chi connectivity index (χ2v) is 5.97. The topological polar surface area (TPSA) is 37.3 Å². The van der Waals surface area contributed by atoms with Crippen LogP contribution in [0.5, 0.6) is 0 Å². The SMILES string of the molecule is CC1(C)CCC[C@@]2(C)C(C(=O)O)=CC[C@H]12. The number of aliphatic carboxylic acids is 1. The highest BCUT2D eigenvalue weighted by Gasteiger charge is 2.52. The first-order valence-corrected chi connectivity index (χ1v) is 5.82. The third-order valence-corrected chi connectivity index (χ3v) is 4.63. The highest BCUT2D eigenvalue weighted by molar-refractivity contribution is 5.89. The van der Waals surface area contributed by atoms with Gasteiger partial charge in [0.2, 0.25) is 0 Å². The summed E-state index contributed by atoms with van der Waals surface area (Å²) in [4.78, 5) is 11.2. The molecule has 0 unspecified atom stereocenters. The van der Waals surface area contributed by atoms with Crippen LogP contribution < -0.4 is 0 Å². The van der Waals surface area contributed by atoms with Crippen LogP contribution in [0.2, 0.25) is 0 Å². The second kappa shape index (κ2) is 3.10. The molecule has 0 aromatic rings. The van der Waals surface area contributed by atoms with Gasteiger partial charge >= 0.3 is 5.97 Å². The zero-order valence-electron chi connectivity index (χ0n) is 9.84. The Morgan fingerprint density at radius 1 is 1.40 bits per heavy atom. The molecule has 2 nitrogen and oxygen atoms in total. The summed E-state index contributed by atoms with van der Waals surface area (Å²) in [6, 6.07) is 0. The number of hydrogen-bond donors (Lipinski definition) is 1. The van der Waals surface area contributed by atoms with E-state index < -0.39 is 5.97 Å². The van der Waals surface area contributed by atoms with Crippen molar-refractivity contribution in [2.75, 3.05) is 0 Å². The van der Waals surface area contributed by atoms with Crippen LogP contribution in [-0.4, -0.2) is 11.1 Å². The summed E-state index contributed by atoms with van der Waals surface area (Å²) in [5.74, 6) is -0.192. The minimum absolute atomic E-state index is 0.0758. The van der Waals surface area contributed by atoms with E-state index in [-0.39, 0.29) is 5.41 Å². The van der Waals surface area contributed by atoms with Crippen molar-refractivity contribution in [3.8, 4) is 0 Å². The zero-order valence-corrected chi connectivity index (χ0v) is 9.84. The Morgan fingerprint density at radius 3 is 2.67 bits per heavy atom. The van der Waals surface area contributed by atoms with E-state index in [1.54, 1.807) is 0 Å². The van der Waals surface area contributed by atoms with Gasteiger partial charge in [0, 0.05) is 11.0 Å². The normalized spacial score (nSPS) is 38.3. The molecule has 2 aliphatic carbocycles. The van der Waals surface area contributed by atoms with Gasteiger partial charge in [-0.1, -0.05) is 33.3 Å². The maximum absolute atomic E-state index is 11.2. The fraction of sp³-hybridized carbons (Fsp3) is 0.769. The van der Waals surface area contributed by atoms with Crippen LogP contribution in [0.1, 0.15) is 46.5 Å². The molecule has 0 heterocycles. The summed E-state index contributed by atoms with van der Waals surface area (Å²) in [5.41, 5.74) is 0.883. The van der Waals surface area contributed by atoms with Gasteiger partial charge in [-0.2, -0.15) is 0 Å². The van der Waals surface area contributed by atoms with Crippen LogP contribution >= 0.6 is 0 Å². The van der Waals surface area contributed by atoms with Gasteiger partial charge in [0.05, 0.1) is 0 Å². The van der Waals surface area contributed by atoms with Gasteiger partial charge < -0.3 is 5.11 Å². The molecule has 0 spiro atoms. The van der Waals surface area contributed by atoms with Crippen LogP contribution in [0.3, 0.4) is 0 Å². The van der Waals surface area contributed by atoms with Gasteiger partial charge in [0.15, 0.2) is 0 Å². The van der Waals surface area contributed by atoms with Gasteiger partial charge in [-0.15, -0.1) is 0 Å². The van der Waals surface area contributed by atoms with Crippen molar-refractivity contribution in [2.24, 2.45) is 16.7 Å². The lowest BCUT2D eigenvalue weighted by Crippen LogP contribution is -2.41. The second-order valence-electron chi connectivity index (χ2n) is 5.97. The predicted octanol–water partition coefficient (Wildman–Crippen LogP) is 3.23. The molecule has 2 heteroatoms. The minimum atomic E-state index is -0.710. The van der Waals surface area contributed by atoms with E-state index >= 15 is 0 Å². The van der Waals surface area contributed by atoms with Crippen LogP contribution in [0.25, 0.3) is 0 Å². The average Bonchev–Trinajstić information content (AvgIpc) is 2.42. The molecule has 1 saturated carbocycles. The molecule has 1 N–H and O–H groups in total. The van der Waals surface area contributed by atoms with Crippen molar-refractivity contribution in [1.29, 1.82) is 0 Å². The maximum Gasteiger partial charge on any atom is 0.331 e. The van der Waals surface area contributed by atoms with Crippen LogP contribution in [0, 0.1) is 16.7 Å². The quantitative estimate of drug-likeness (QED) is 0.718. The summed E-state index contributed by atoms with van der Waals surface area (Å²) in [7, 11) is 0. The largest absolute Gasteiger partial charge is 0.478 e. The van der Waals surface area contributed by atoms with E-state index in [0.717, 1.165) is 19.3 Å². The summed E-state index contributed by atoms with van der Waals surface area (Å²) in [6.45, 7) is 6.72. The average molecular weight is 208 g/mol. The van der Waals surface area contributed by atoms with E-state index in [1.807, 2.05) is 6.08 Å². The number of hydrogen-bond acceptors (Lipinski definition) is 1. The Hall–Kier alpha value is -0.790. The smallest absolute Gasteiger partial charge is 0.331 e. The molecule has 2 aliphatic rings. The molecule has 2 atom stereocenters. The van der Waals surface area contributed by atoms with E-state index in [4.69, 9.17) is 0 Å². The monoisotopic (exact) mass is 208 g/mol. The Morgan fingerprint density at radius 2 is 2.07 bits per heavy atom. The van der Waals surface area contributed by atoms with Gasteiger partial charge in [-0.05, 0) is 30.6 Å². The lowest BCUT2D eigenvalue weighted by Gasteiger charge is -2.48. The molecule has 0 amide bonds. The van der Waals surface area contributed by atoms with Crippen LogP contribution in [-0.2, 0) is 4.79 Å². The number of carboxylic acids is 1. The number of allylic oxidation sites excluding steroid dienone is 1. The summed E-state index contributed by atoms with van der Waals surface area (Å²) >= 11 is 0. The first-order valence-electron chi connectivity index (χ1n) is 5.82. The molecule has 2 rings (SSSR count). The Kier molecular flexibility index (Phi) is 2.21. The fourth-order valence-corrected chi connectivity index (χ4v) is 3.82. The standard InChI is InChI=1S/C13H20O2/c1-12(2)7-4-8-13(3)9(11(14)15)5-6-10(12)13/h5,10H,4,6-8H2,1-3H3,(H,14,15)/t10-,13+/m1/s1. The molecule has 0 aliphatic heterocycles. The number of carboxylic acid groups (broad SMARTS) is 1. The van der Waals surface area contributed by atoms with Crippen LogP contribution in [0.4, 0.5) is 0 Å². The molecule has 15 heavy (non-hydrogen) atoms. The Labute approximate surface area is 91.4 Å². The van der Waals surface area contributed by atoms with Gasteiger partial charge in [0.1, 0.15) is 0 Å². The van der Waals surface area contributed by atoms with Crippen LogP contribution in [0.15, 0.2) is 11.6 Å². The van der Waals surface area contributed by atoms with Gasteiger partial charge in [-0.25, -0.2) is 4.79 Å². The number of rotatable bonds is 1. The Bertz CT molecular complexity index is 327. The molecule has 0 bridgehead atoms.